The molecule has 0 amide bonds. The molecule has 0 bridgehead atoms. The maximum absolute atomic E-state index is 2.52. The summed E-state index contributed by atoms with van der Waals surface area (Å²) in [7, 11) is 0. The van der Waals surface area contributed by atoms with E-state index in [-0.39, 0.29) is 0 Å². The summed E-state index contributed by atoms with van der Waals surface area (Å²) >= 11 is 0. The molecule has 384 valence electrons. The maximum atomic E-state index is 2.52. The molecule has 14 aromatic rings. The molecule has 0 saturated heterocycles. The fourth-order valence-electron chi connectivity index (χ4n) is 14.7. The number of para-hydroxylation sites is 3. The number of nitrogens with zero attached hydrogens (tertiary/aromatic N) is 3. The van der Waals surface area contributed by atoms with Crippen LogP contribution in [-0.4, -0.2) is 9.13 Å². The van der Waals surface area contributed by atoms with Crippen LogP contribution in [0.5, 0.6) is 0 Å². The molecule has 3 nitrogen and oxygen atoms in total. The molecule has 82 heavy (non-hydrogen) atoms. The van der Waals surface area contributed by atoms with Crippen molar-refractivity contribution in [2.45, 2.75) is 18.3 Å². The minimum atomic E-state index is -0.468. The van der Waals surface area contributed by atoms with Gasteiger partial charge in [-0.25, -0.2) is 0 Å². The van der Waals surface area contributed by atoms with Crippen molar-refractivity contribution in [3.63, 3.8) is 0 Å². The third kappa shape index (κ3) is 6.77. The monoisotopic (exact) mass is 1040 g/mol. The minimum absolute atomic E-state index is 0.468. The zero-order valence-corrected chi connectivity index (χ0v) is 45.0. The van der Waals surface area contributed by atoms with E-state index in [1.165, 1.54) is 128 Å². The number of rotatable bonds is 8. The van der Waals surface area contributed by atoms with Crippen LogP contribution in [0.1, 0.15) is 45.5 Å². The molecule has 2 aromatic heterocycles. The Labute approximate surface area is 477 Å². The lowest BCUT2D eigenvalue weighted by atomic mass is 9.70. The average molecular weight is 1040 g/mol. The summed E-state index contributed by atoms with van der Waals surface area (Å²) in [6, 6.07) is 108. The third-order valence-electron chi connectivity index (χ3n) is 18.1. The van der Waals surface area contributed by atoms with E-state index in [1.807, 2.05) is 0 Å². The number of anilines is 3. The third-order valence-corrected chi connectivity index (χ3v) is 18.1. The van der Waals surface area contributed by atoms with Gasteiger partial charge in [0, 0.05) is 55.7 Å². The van der Waals surface area contributed by atoms with E-state index in [2.05, 4.69) is 311 Å². The van der Waals surface area contributed by atoms with Gasteiger partial charge in [-0.1, -0.05) is 212 Å². The quantitative estimate of drug-likeness (QED) is 0.148. The molecule has 0 saturated carbocycles. The molecule has 3 aliphatic carbocycles. The number of fused-ring (bicyclic) bond motifs is 16. The second-order valence-electron chi connectivity index (χ2n) is 22.2. The molecule has 1 spiro atoms. The van der Waals surface area contributed by atoms with Crippen molar-refractivity contribution in [2.24, 2.45) is 0 Å². The molecule has 3 aliphatic rings. The summed E-state index contributed by atoms with van der Waals surface area (Å²) in [4.78, 5) is 2.52. The topological polar surface area (TPSA) is 13.1 Å². The number of benzene rings is 12. The lowest BCUT2D eigenvalue weighted by Crippen LogP contribution is -2.26. The molecule has 0 radical (unpaired) electrons. The van der Waals surface area contributed by atoms with Crippen LogP contribution in [0.15, 0.2) is 291 Å². The highest BCUT2D eigenvalue weighted by Crippen LogP contribution is 2.64. The smallest absolute Gasteiger partial charge is 0.0726 e. The summed E-state index contributed by atoms with van der Waals surface area (Å²) in [5, 5.41) is 3.78. The van der Waals surface area contributed by atoms with E-state index in [1.54, 1.807) is 0 Å². The Bertz CT molecular complexity index is 4840. The van der Waals surface area contributed by atoms with Crippen LogP contribution in [-0.2, 0) is 11.8 Å². The maximum Gasteiger partial charge on any atom is 0.0726 e. The Morgan fingerprint density at radius 2 is 0.841 bits per heavy atom. The fourth-order valence-corrected chi connectivity index (χ4v) is 14.7. The van der Waals surface area contributed by atoms with Crippen LogP contribution < -0.4 is 4.90 Å². The summed E-state index contributed by atoms with van der Waals surface area (Å²) in [6.45, 7) is 0. The van der Waals surface area contributed by atoms with Gasteiger partial charge in [0.25, 0.3) is 0 Å². The molecule has 0 atom stereocenters. The van der Waals surface area contributed by atoms with Crippen LogP contribution in [0, 0.1) is 0 Å². The predicted octanol–water partition coefficient (Wildman–Crippen LogP) is 20.4. The molecule has 12 aromatic carbocycles. The molecule has 3 heteroatoms. The molecule has 0 aliphatic heterocycles. The average Bonchev–Trinajstić information content (AvgIpc) is 1.67. The fraction of sp³-hybridized carbons (Fsp3) is 0.0380. The first-order chi connectivity index (χ1) is 40.7. The van der Waals surface area contributed by atoms with Crippen LogP contribution >= 0.6 is 0 Å². The van der Waals surface area contributed by atoms with Gasteiger partial charge >= 0.3 is 0 Å². The number of hydrogen-bond donors (Lipinski definition) is 0. The number of hydrogen-bond acceptors (Lipinski definition) is 1. The number of allylic oxidation sites excluding steroid dienone is 1. The van der Waals surface area contributed by atoms with Crippen molar-refractivity contribution in [3.8, 4) is 55.9 Å². The molecule has 0 unspecified atom stereocenters. The minimum Gasteiger partial charge on any atom is -0.313 e. The van der Waals surface area contributed by atoms with E-state index in [0.717, 1.165) is 35.6 Å². The van der Waals surface area contributed by atoms with Crippen molar-refractivity contribution < 1.29 is 0 Å². The van der Waals surface area contributed by atoms with Gasteiger partial charge < -0.3 is 14.0 Å². The van der Waals surface area contributed by atoms with Crippen molar-refractivity contribution in [1.82, 2.24) is 9.13 Å². The summed E-state index contributed by atoms with van der Waals surface area (Å²) in [5.74, 6) is 0. The lowest BCUT2D eigenvalue weighted by molar-refractivity contribution is 0.794. The summed E-state index contributed by atoms with van der Waals surface area (Å²) in [5.41, 5.74) is 29.5. The highest BCUT2D eigenvalue weighted by molar-refractivity contribution is 6.16. The molecule has 2 heterocycles. The first-order valence-corrected chi connectivity index (χ1v) is 28.7. The van der Waals surface area contributed by atoms with Gasteiger partial charge in [-0.05, 0) is 170 Å². The standard InChI is InChI=1S/C79H53N3/c1-4-20-52(21-5-1)55-42-48-73-66(50-55)67-51-56(43-49-74(67)81(73)57-22-6-2-7-23-57)53-38-44-59(45-39-53)80(60-46-40-54(41-47-60)61-30-18-36-75-77(61)65-29-13-17-35-72(65)82(75)58-24-8-3-9-25-58)76-37-19-34-71-78(76)64-28-12-16-33-70(64)79(71)68-31-14-10-26-62(68)63-27-11-15-32-69(63)79/h1-42,44-48,50-51H,43,49H2. The van der Waals surface area contributed by atoms with Crippen molar-refractivity contribution in [3.05, 3.63) is 330 Å². The highest BCUT2D eigenvalue weighted by Gasteiger charge is 2.52. The molecule has 0 fully saturated rings. The van der Waals surface area contributed by atoms with Crippen LogP contribution in [0.2, 0.25) is 0 Å². The second-order valence-corrected chi connectivity index (χ2v) is 22.2. The van der Waals surface area contributed by atoms with Gasteiger partial charge in [0.1, 0.15) is 0 Å². The van der Waals surface area contributed by atoms with Gasteiger partial charge in [0.2, 0.25) is 0 Å². The van der Waals surface area contributed by atoms with E-state index < -0.39 is 5.41 Å². The molecule has 17 rings (SSSR count). The van der Waals surface area contributed by atoms with E-state index in [0.29, 0.717) is 0 Å². The van der Waals surface area contributed by atoms with Crippen LogP contribution in [0.3, 0.4) is 0 Å². The molecular formula is C79H53N3. The largest absolute Gasteiger partial charge is 0.313 e. The first-order valence-electron chi connectivity index (χ1n) is 28.7. The lowest BCUT2D eigenvalue weighted by Gasteiger charge is -2.32. The van der Waals surface area contributed by atoms with E-state index >= 15 is 0 Å². The summed E-state index contributed by atoms with van der Waals surface area (Å²) in [6.07, 6.45) is 4.36. The van der Waals surface area contributed by atoms with Crippen LogP contribution in [0.25, 0.3) is 100 Å². The van der Waals surface area contributed by atoms with Gasteiger partial charge in [-0.15, -0.1) is 0 Å². The predicted molar refractivity (Wildman–Crippen MR) is 342 cm³/mol. The zero-order valence-electron chi connectivity index (χ0n) is 45.0. The Hall–Kier alpha value is -10.5. The van der Waals surface area contributed by atoms with Gasteiger partial charge in [0.15, 0.2) is 0 Å². The van der Waals surface area contributed by atoms with Gasteiger partial charge in [0.05, 0.1) is 27.7 Å². The zero-order chi connectivity index (χ0) is 53.9. The Morgan fingerprint density at radius 1 is 0.329 bits per heavy atom. The Kier molecular flexibility index (Phi) is 10.4. The van der Waals surface area contributed by atoms with Crippen molar-refractivity contribution in [2.75, 3.05) is 4.90 Å². The second kappa shape index (κ2) is 18.3. The van der Waals surface area contributed by atoms with Gasteiger partial charge in [-0.2, -0.15) is 0 Å². The Balaban J connectivity index is 0.835. The SMILES string of the molecule is C1=C(c2ccc(N(c3ccc(-c4cccc5c4c4ccccc4n5-c4ccccc4)cc3)c3cccc4c3-c3ccccc3C43c4ccccc4-c4ccccc43)cc2)CCc2c1c1cc(-c3ccccc3)ccc1n2-c1ccccc1. The molecular weight excluding hydrogens is 991 g/mol. The molecule has 0 N–H and O–H groups in total. The summed E-state index contributed by atoms with van der Waals surface area (Å²) < 4.78 is 4.90. The number of aromatic nitrogens is 2. The normalized spacial score (nSPS) is 13.4. The van der Waals surface area contributed by atoms with Crippen molar-refractivity contribution in [1.29, 1.82) is 0 Å². The van der Waals surface area contributed by atoms with Crippen molar-refractivity contribution >= 4 is 61.4 Å². The van der Waals surface area contributed by atoms with E-state index in [4.69, 9.17) is 0 Å². The first kappa shape index (κ1) is 46.4. The highest BCUT2D eigenvalue weighted by atomic mass is 15.1. The van der Waals surface area contributed by atoms with Crippen LogP contribution in [0.4, 0.5) is 17.1 Å². The van der Waals surface area contributed by atoms with Gasteiger partial charge in [-0.3, -0.25) is 0 Å². The Morgan fingerprint density at radius 3 is 1.54 bits per heavy atom. The van der Waals surface area contributed by atoms with E-state index in [9.17, 15) is 0 Å².